The number of nitrogens with zero attached hydrogens (tertiary/aromatic N) is 2. The molecular formula is C13H13BrN4O3. The number of nitro benzene ring substituents is 1. The molecule has 0 saturated carbocycles. The van der Waals surface area contributed by atoms with Gasteiger partial charge in [0.05, 0.1) is 9.40 Å². The maximum Gasteiger partial charge on any atom is 0.284 e. The van der Waals surface area contributed by atoms with Gasteiger partial charge in [-0.15, -0.1) is 0 Å². The lowest BCUT2D eigenvalue weighted by atomic mass is 10.2. The highest BCUT2D eigenvalue weighted by atomic mass is 79.9. The molecule has 1 aromatic carbocycles. The fourth-order valence-corrected chi connectivity index (χ4v) is 2.20. The van der Waals surface area contributed by atoms with Gasteiger partial charge in [0.25, 0.3) is 11.6 Å². The summed E-state index contributed by atoms with van der Waals surface area (Å²) in [6.07, 6.45) is 1.81. The zero-order valence-corrected chi connectivity index (χ0v) is 12.8. The number of nitrogens with one attached hydrogen (secondary N) is 2. The molecule has 1 amide bonds. The standard InChI is InChI=1S/C13H13BrN4O3/c1-2-3-9-7-12(17-16-9)15-13(19)8-4-5-10(14)11(6-8)18(20)21/h4-7H,2-3H2,1H3,(H2,15,16,17,19). The Hall–Kier alpha value is -2.22. The Bertz CT molecular complexity index is 684. The van der Waals surface area contributed by atoms with Gasteiger partial charge in [-0.25, -0.2) is 0 Å². The third-order valence-corrected chi connectivity index (χ3v) is 3.47. The number of hydrogen-bond donors (Lipinski definition) is 2. The number of aryl methyl sites for hydroxylation is 1. The molecule has 0 radical (unpaired) electrons. The molecule has 0 aliphatic carbocycles. The van der Waals surface area contributed by atoms with Crippen molar-refractivity contribution in [3.05, 3.63) is 50.1 Å². The van der Waals surface area contributed by atoms with Gasteiger partial charge in [-0.2, -0.15) is 5.10 Å². The minimum Gasteiger partial charge on any atom is -0.305 e. The van der Waals surface area contributed by atoms with Gasteiger partial charge in [0, 0.05) is 23.4 Å². The molecule has 110 valence electrons. The summed E-state index contributed by atoms with van der Waals surface area (Å²) in [6.45, 7) is 2.04. The van der Waals surface area contributed by atoms with Crippen LogP contribution < -0.4 is 5.32 Å². The number of anilines is 1. The Kier molecular flexibility index (Phi) is 4.69. The van der Waals surface area contributed by atoms with E-state index in [2.05, 4.69) is 31.4 Å². The molecule has 0 atom stereocenters. The van der Waals surface area contributed by atoms with E-state index in [1.807, 2.05) is 6.92 Å². The summed E-state index contributed by atoms with van der Waals surface area (Å²) in [5.41, 5.74) is 0.968. The summed E-state index contributed by atoms with van der Waals surface area (Å²) in [5, 5.41) is 20.3. The summed E-state index contributed by atoms with van der Waals surface area (Å²) in [5.74, 6) is -0.0471. The van der Waals surface area contributed by atoms with Gasteiger partial charge in [-0.05, 0) is 34.5 Å². The zero-order chi connectivity index (χ0) is 15.4. The first-order valence-corrected chi connectivity index (χ1v) is 7.10. The molecule has 0 aliphatic rings. The average Bonchev–Trinajstić information content (AvgIpc) is 2.86. The van der Waals surface area contributed by atoms with Crippen molar-refractivity contribution in [3.8, 4) is 0 Å². The Morgan fingerprint density at radius 3 is 2.90 bits per heavy atom. The third kappa shape index (κ3) is 3.66. The van der Waals surface area contributed by atoms with Crippen LogP contribution >= 0.6 is 15.9 Å². The van der Waals surface area contributed by atoms with E-state index < -0.39 is 10.8 Å². The van der Waals surface area contributed by atoms with Crippen LogP contribution in [-0.2, 0) is 6.42 Å². The second-order valence-electron chi connectivity index (χ2n) is 4.41. The highest BCUT2D eigenvalue weighted by molar-refractivity contribution is 9.10. The number of benzene rings is 1. The van der Waals surface area contributed by atoms with Crippen molar-refractivity contribution in [3.63, 3.8) is 0 Å². The number of aromatic amines is 1. The smallest absolute Gasteiger partial charge is 0.284 e. The van der Waals surface area contributed by atoms with Crippen LogP contribution in [0.3, 0.4) is 0 Å². The first-order chi connectivity index (χ1) is 10.0. The summed E-state index contributed by atoms with van der Waals surface area (Å²) in [7, 11) is 0. The molecule has 0 bridgehead atoms. The maximum atomic E-state index is 12.1. The largest absolute Gasteiger partial charge is 0.305 e. The van der Waals surface area contributed by atoms with E-state index in [0.29, 0.717) is 10.3 Å². The lowest BCUT2D eigenvalue weighted by Crippen LogP contribution is -2.12. The first kappa shape index (κ1) is 15.2. The van der Waals surface area contributed by atoms with Crippen LogP contribution in [0.15, 0.2) is 28.7 Å². The number of nitro groups is 1. The van der Waals surface area contributed by atoms with Crippen LogP contribution in [0.25, 0.3) is 0 Å². The van der Waals surface area contributed by atoms with Crippen molar-refractivity contribution in [2.75, 3.05) is 5.32 Å². The number of aromatic nitrogens is 2. The minimum absolute atomic E-state index is 0.156. The Morgan fingerprint density at radius 2 is 2.24 bits per heavy atom. The predicted molar refractivity (Wildman–Crippen MR) is 81.3 cm³/mol. The molecule has 7 nitrogen and oxygen atoms in total. The van der Waals surface area contributed by atoms with E-state index in [1.165, 1.54) is 18.2 Å². The van der Waals surface area contributed by atoms with Gasteiger partial charge in [0.15, 0.2) is 5.82 Å². The minimum atomic E-state index is -0.547. The lowest BCUT2D eigenvalue weighted by molar-refractivity contribution is -0.385. The van der Waals surface area contributed by atoms with Crippen LogP contribution in [0, 0.1) is 10.1 Å². The van der Waals surface area contributed by atoms with E-state index in [1.54, 1.807) is 6.07 Å². The number of carbonyl (C=O) groups is 1. The van der Waals surface area contributed by atoms with Crippen LogP contribution in [-0.4, -0.2) is 21.0 Å². The first-order valence-electron chi connectivity index (χ1n) is 6.31. The molecular weight excluding hydrogens is 340 g/mol. The molecule has 0 unspecified atom stereocenters. The molecule has 1 aromatic heterocycles. The lowest BCUT2D eigenvalue weighted by Gasteiger charge is -2.02. The molecule has 8 heteroatoms. The molecule has 0 fully saturated rings. The highest BCUT2D eigenvalue weighted by Gasteiger charge is 2.16. The molecule has 0 aliphatic heterocycles. The van der Waals surface area contributed by atoms with Gasteiger partial charge in [0.2, 0.25) is 0 Å². The monoisotopic (exact) mass is 352 g/mol. The van der Waals surface area contributed by atoms with Gasteiger partial charge in [-0.1, -0.05) is 13.3 Å². The number of rotatable bonds is 5. The van der Waals surface area contributed by atoms with Crippen molar-refractivity contribution in [1.82, 2.24) is 10.2 Å². The van der Waals surface area contributed by atoms with Gasteiger partial charge >= 0.3 is 0 Å². The van der Waals surface area contributed by atoms with E-state index >= 15 is 0 Å². The number of halogens is 1. The fourth-order valence-electron chi connectivity index (χ4n) is 1.81. The van der Waals surface area contributed by atoms with Crippen LogP contribution in [0.5, 0.6) is 0 Å². The summed E-state index contributed by atoms with van der Waals surface area (Å²) < 4.78 is 0.328. The van der Waals surface area contributed by atoms with E-state index in [0.717, 1.165) is 18.5 Å². The molecule has 2 N–H and O–H groups in total. The van der Waals surface area contributed by atoms with Gasteiger partial charge < -0.3 is 5.32 Å². The zero-order valence-electron chi connectivity index (χ0n) is 11.2. The van der Waals surface area contributed by atoms with Gasteiger partial charge in [0.1, 0.15) is 0 Å². The topological polar surface area (TPSA) is 101 Å². The molecule has 21 heavy (non-hydrogen) atoms. The van der Waals surface area contributed by atoms with Crippen molar-refractivity contribution in [2.24, 2.45) is 0 Å². The SMILES string of the molecule is CCCc1cc(NC(=O)c2ccc(Br)c([N+](=O)[O-])c2)n[nH]1. The predicted octanol–water partition coefficient (Wildman–Crippen LogP) is 3.29. The van der Waals surface area contributed by atoms with Crippen molar-refractivity contribution >= 4 is 33.3 Å². The van der Waals surface area contributed by atoms with Crippen molar-refractivity contribution in [2.45, 2.75) is 19.8 Å². The third-order valence-electron chi connectivity index (χ3n) is 2.80. The van der Waals surface area contributed by atoms with E-state index in [9.17, 15) is 14.9 Å². The fraction of sp³-hybridized carbons (Fsp3) is 0.231. The number of H-pyrrole nitrogens is 1. The quantitative estimate of drug-likeness (QED) is 0.636. The molecule has 2 rings (SSSR count). The highest BCUT2D eigenvalue weighted by Crippen LogP contribution is 2.25. The van der Waals surface area contributed by atoms with Gasteiger partial charge in [-0.3, -0.25) is 20.0 Å². The second kappa shape index (κ2) is 6.49. The number of amides is 1. The summed E-state index contributed by atoms with van der Waals surface area (Å²) in [4.78, 5) is 22.4. The number of carbonyl (C=O) groups excluding carboxylic acids is 1. The maximum absolute atomic E-state index is 12.1. The van der Waals surface area contributed by atoms with Crippen LogP contribution in [0.4, 0.5) is 11.5 Å². The molecule has 0 spiro atoms. The molecule has 1 heterocycles. The van der Waals surface area contributed by atoms with Crippen LogP contribution in [0.2, 0.25) is 0 Å². The van der Waals surface area contributed by atoms with Crippen LogP contribution in [0.1, 0.15) is 29.4 Å². The Balaban J connectivity index is 2.16. The normalized spacial score (nSPS) is 10.4. The Labute approximate surface area is 129 Å². The number of hydrogen-bond acceptors (Lipinski definition) is 4. The summed E-state index contributed by atoms with van der Waals surface area (Å²) >= 11 is 3.08. The molecule has 2 aromatic rings. The van der Waals surface area contributed by atoms with Crippen molar-refractivity contribution in [1.29, 1.82) is 0 Å². The molecule has 0 saturated heterocycles. The average molecular weight is 353 g/mol. The Morgan fingerprint density at radius 1 is 1.48 bits per heavy atom. The van der Waals surface area contributed by atoms with E-state index in [-0.39, 0.29) is 11.3 Å². The van der Waals surface area contributed by atoms with Crippen molar-refractivity contribution < 1.29 is 9.72 Å². The van der Waals surface area contributed by atoms with E-state index in [4.69, 9.17) is 0 Å². The second-order valence-corrected chi connectivity index (χ2v) is 5.26. The summed E-state index contributed by atoms with van der Waals surface area (Å²) in [6, 6.07) is 5.94.